The van der Waals surface area contributed by atoms with E-state index >= 15 is 0 Å². The quantitative estimate of drug-likeness (QED) is 0.358. The van der Waals surface area contributed by atoms with Crippen molar-refractivity contribution in [1.29, 1.82) is 0 Å². The Hall–Kier alpha value is -3.94. The SMILES string of the molecule is CN(c1ncccc1CNc1nc(Nc2ccc3[nH]ncc3c2)ncc1C(F)(F)F)S(C)(=O)=O. The van der Waals surface area contributed by atoms with Crippen molar-refractivity contribution in [3.63, 3.8) is 0 Å². The van der Waals surface area contributed by atoms with Gasteiger partial charge in [-0.3, -0.25) is 9.40 Å². The molecule has 0 radical (unpaired) electrons. The summed E-state index contributed by atoms with van der Waals surface area (Å²) >= 11 is 0. The number of fused-ring (bicyclic) bond motifs is 1. The number of pyridine rings is 1. The van der Waals surface area contributed by atoms with Gasteiger partial charge in [0.15, 0.2) is 0 Å². The van der Waals surface area contributed by atoms with Gasteiger partial charge in [-0.2, -0.15) is 23.3 Å². The van der Waals surface area contributed by atoms with Crippen molar-refractivity contribution in [2.24, 2.45) is 0 Å². The lowest BCUT2D eigenvalue weighted by molar-refractivity contribution is -0.137. The van der Waals surface area contributed by atoms with Crippen LogP contribution in [0.25, 0.3) is 10.9 Å². The number of hydrogen-bond donors (Lipinski definition) is 3. The summed E-state index contributed by atoms with van der Waals surface area (Å²) < 4.78 is 65.5. The number of halogens is 3. The van der Waals surface area contributed by atoms with Gasteiger partial charge in [-0.15, -0.1) is 0 Å². The summed E-state index contributed by atoms with van der Waals surface area (Å²) in [6.07, 6.45) is -0.0199. The average molecular weight is 492 g/mol. The highest BCUT2D eigenvalue weighted by Crippen LogP contribution is 2.34. The molecule has 0 saturated heterocycles. The predicted molar refractivity (Wildman–Crippen MR) is 121 cm³/mol. The molecule has 0 aliphatic heterocycles. The number of alkyl halides is 3. The van der Waals surface area contributed by atoms with Crippen molar-refractivity contribution in [3.05, 3.63) is 60.0 Å². The molecule has 3 heterocycles. The third kappa shape index (κ3) is 5.01. The van der Waals surface area contributed by atoms with Crippen LogP contribution in [0.5, 0.6) is 0 Å². The molecular formula is C20H19F3N8O2S. The zero-order chi connectivity index (χ0) is 24.5. The van der Waals surface area contributed by atoms with Crippen LogP contribution in [0, 0.1) is 0 Å². The van der Waals surface area contributed by atoms with Gasteiger partial charge in [-0.25, -0.2) is 18.4 Å². The fraction of sp³-hybridized carbons (Fsp3) is 0.200. The molecule has 0 saturated carbocycles. The molecule has 0 unspecified atom stereocenters. The fourth-order valence-corrected chi connectivity index (χ4v) is 3.60. The number of aromatic amines is 1. The van der Waals surface area contributed by atoms with Crippen LogP contribution in [0.3, 0.4) is 0 Å². The van der Waals surface area contributed by atoms with Crippen LogP contribution in [-0.2, 0) is 22.7 Å². The first kappa shape index (κ1) is 23.2. The molecule has 0 bridgehead atoms. The van der Waals surface area contributed by atoms with Crippen LogP contribution in [-0.4, -0.2) is 46.9 Å². The van der Waals surface area contributed by atoms with Crippen LogP contribution in [0.2, 0.25) is 0 Å². The molecule has 178 valence electrons. The molecule has 3 aromatic heterocycles. The van der Waals surface area contributed by atoms with E-state index in [-0.39, 0.29) is 18.3 Å². The van der Waals surface area contributed by atoms with Gasteiger partial charge in [-0.05, 0) is 24.3 Å². The van der Waals surface area contributed by atoms with Gasteiger partial charge < -0.3 is 10.6 Å². The molecule has 14 heteroatoms. The van der Waals surface area contributed by atoms with Gasteiger partial charge in [0.2, 0.25) is 16.0 Å². The normalized spacial score (nSPS) is 12.0. The summed E-state index contributed by atoms with van der Waals surface area (Å²) in [5.41, 5.74) is 0.656. The molecule has 0 aliphatic rings. The zero-order valence-electron chi connectivity index (χ0n) is 17.9. The fourth-order valence-electron chi connectivity index (χ4n) is 3.12. The second-order valence-corrected chi connectivity index (χ2v) is 9.33. The Morgan fingerprint density at radius 2 is 1.94 bits per heavy atom. The van der Waals surface area contributed by atoms with E-state index in [2.05, 4.69) is 35.8 Å². The van der Waals surface area contributed by atoms with Crippen molar-refractivity contribution >= 4 is 44.2 Å². The Labute approximate surface area is 192 Å². The van der Waals surface area contributed by atoms with E-state index in [1.807, 2.05) is 0 Å². The molecule has 4 rings (SSSR count). The highest BCUT2D eigenvalue weighted by Gasteiger charge is 2.35. The molecule has 0 spiro atoms. The molecule has 0 fully saturated rings. The number of nitrogens with zero attached hydrogens (tertiary/aromatic N) is 5. The van der Waals surface area contributed by atoms with Crippen LogP contribution < -0.4 is 14.9 Å². The number of nitrogens with one attached hydrogen (secondary N) is 3. The predicted octanol–water partition coefficient (Wildman–Crippen LogP) is 3.52. The van der Waals surface area contributed by atoms with Crippen molar-refractivity contribution in [3.8, 4) is 0 Å². The van der Waals surface area contributed by atoms with E-state index in [4.69, 9.17) is 0 Å². The van der Waals surface area contributed by atoms with E-state index in [1.165, 1.54) is 13.2 Å². The summed E-state index contributed by atoms with van der Waals surface area (Å²) in [5, 5.41) is 13.1. The lowest BCUT2D eigenvalue weighted by atomic mass is 10.2. The number of H-pyrrole nitrogens is 1. The van der Waals surface area contributed by atoms with E-state index in [9.17, 15) is 21.6 Å². The smallest absolute Gasteiger partial charge is 0.365 e. The van der Waals surface area contributed by atoms with Gasteiger partial charge in [0.05, 0.1) is 18.0 Å². The molecule has 0 aliphatic carbocycles. The number of anilines is 4. The average Bonchev–Trinajstić information content (AvgIpc) is 3.24. The highest BCUT2D eigenvalue weighted by molar-refractivity contribution is 7.92. The maximum absolute atomic E-state index is 13.6. The van der Waals surface area contributed by atoms with Crippen LogP contribution in [0.1, 0.15) is 11.1 Å². The molecule has 0 amide bonds. The lowest BCUT2D eigenvalue weighted by Crippen LogP contribution is -2.27. The van der Waals surface area contributed by atoms with Gasteiger partial charge in [-0.1, -0.05) is 6.07 Å². The minimum Gasteiger partial charge on any atom is -0.365 e. The van der Waals surface area contributed by atoms with Crippen LogP contribution in [0.15, 0.2) is 48.9 Å². The van der Waals surface area contributed by atoms with Crippen molar-refractivity contribution in [1.82, 2.24) is 25.1 Å². The van der Waals surface area contributed by atoms with Gasteiger partial charge in [0.25, 0.3) is 0 Å². The number of hydrogen-bond acceptors (Lipinski definition) is 8. The van der Waals surface area contributed by atoms with Crippen LogP contribution >= 0.6 is 0 Å². The van der Waals surface area contributed by atoms with E-state index in [1.54, 1.807) is 36.5 Å². The minimum atomic E-state index is -4.71. The molecule has 3 N–H and O–H groups in total. The maximum atomic E-state index is 13.6. The van der Waals surface area contributed by atoms with Gasteiger partial charge in [0.1, 0.15) is 17.2 Å². The summed E-state index contributed by atoms with van der Waals surface area (Å²) in [6.45, 7) is -0.163. The zero-order valence-corrected chi connectivity index (χ0v) is 18.7. The van der Waals surface area contributed by atoms with E-state index in [0.717, 1.165) is 21.5 Å². The summed E-state index contributed by atoms with van der Waals surface area (Å²) in [4.78, 5) is 11.9. The number of aromatic nitrogens is 5. The molecule has 34 heavy (non-hydrogen) atoms. The Kier molecular flexibility index (Phi) is 6.00. The molecule has 4 aromatic rings. The van der Waals surface area contributed by atoms with Crippen molar-refractivity contribution in [2.75, 3.05) is 28.2 Å². The van der Waals surface area contributed by atoms with E-state index < -0.39 is 27.6 Å². The molecular weight excluding hydrogens is 473 g/mol. The largest absolute Gasteiger partial charge is 0.421 e. The Morgan fingerprint density at radius 1 is 1.15 bits per heavy atom. The topological polar surface area (TPSA) is 129 Å². The first-order valence-electron chi connectivity index (χ1n) is 9.78. The third-order valence-electron chi connectivity index (χ3n) is 4.90. The Morgan fingerprint density at radius 3 is 2.68 bits per heavy atom. The van der Waals surface area contributed by atoms with E-state index in [0.29, 0.717) is 17.4 Å². The molecule has 0 atom stereocenters. The minimum absolute atomic E-state index is 0.0574. The number of rotatable bonds is 7. The third-order valence-corrected chi connectivity index (χ3v) is 6.07. The number of benzene rings is 1. The second kappa shape index (κ2) is 8.78. The molecule has 10 nitrogen and oxygen atoms in total. The van der Waals surface area contributed by atoms with Gasteiger partial charge >= 0.3 is 6.18 Å². The molecule has 1 aromatic carbocycles. The lowest BCUT2D eigenvalue weighted by Gasteiger charge is -2.20. The van der Waals surface area contributed by atoms with Crippen LogP contribution in [0.4, 0.5) is 36.4 Å². The first-order valence-corrected chi connectivity index (χ1v) is 11.6. The standard InChI is InChI=1S/C20H19F3N8O2S/c1-31(34(2,32)33)18-12(4-3-7-24-18)9-25-17-15(20(21,22)23)11-26-19(29-17)28-14-5-6-16-13(8-14)10-27-30-16/h3-8,10-11H,9H2,1-2H3,(H,27,30)(H2,25,26,28,29). The summed E-state index contributed by atoms with van der Waals surface area (Å²) in [7, 11) is -2.31. The van der Waals surface area contributed by atoms with Crippen molar-refractivity contribution < 1.29 is 21.6 Å². The maximum Gasteiger partial charge on any atom is 0.421 e. The monoisotopic (exact) mass is 492 g/mol. The highest BCUT2D eigenvalue weighted by atomic mass is 32.2. The summed E-state index contributed by atoms with van der Waals surface area (Å²) in [6, 6.07) is 8.33. The number of sulfonamides is 1. The summed E-state index contributed by atoms with van der Waals surface area (Å²) in [5.74, 6) is -0.434. The Bertz CT molecular complexity index is 1440. The van der Waals surface area contributed by atoms with Crippen molar-refractivity contribution in [2.45, 2.75) is 12.7 Å². The van der Waals surface area contributed by atoms with Gasteiger partial charge in [0, 0.05) is 42.6 Å². The Balaban J connectivity index is 1.63. The second-order valence-electron chi connectivity index (χ2n) is 7.32. The first-order chi connectivity index (χ1) is 16.0.